The third kappa shape index (κ3) is 20.3. The molecule has 4 aliphatic rings. The quantitative estimate of drug-likeness (QED) is 0.0332. The van der Waals surface area contributed by atoms with Crippen LogP contribution in [0.25, 0.3) is 33.6 Å². The summed E-state index contributed by atoms with van der Waals surface area (Å²) >= 11 is 0. The molecule has 13 rings (SSSR count). The maximum atomic E-state index is 15.2. The van der Waals surface area contributed by atoms with Gasteiger partial charge in [0.25, 0.3) is 34.4 Å². The summed E-state index contributed by atoms with van der Waals surface area (Å²) in [7, 11) is 6.33. The zero-order chi connectivity index (χ0) is 91.9. The molecule has 3 amide bonds. The molecule has 0 aliphatic carbocycles. The van der Waals surface area contributed by atoms with Crippen LogP contribution in [0.3, 0.4) is 0 Å². The molecule has 0 unspecified atom stereocenters. The van der Waals surface area contributed by atoms with Gasteiger partial charge in [0, 0.05) is 129 Å². The fraction of sp³-hybridized carbons (Fsp3) is 0.419. The standard InChI is InChI=1S/C32H36F2N4O5.C31H36F2N4O4.C30H34F2N4O6/c1-17-16-42-12-10-38(17)22-14-25(33)28(26(34)15-22)31(40)36-27(20(4)39)13-21-8-9-24(30-23(21)7-6-11-43-30)29-32(41)37(5)19(3)18(2)35-29;1-7-16(2)34-21-14-24(32)27(25(33)15-21)30(39)36-26(19(5)38)13-20-10-11-23(29-22(20)9-8-12-41-29)28-31(40)37(6)18(4)17(3)35-28;1-7-15(2)33-19-13-21(31)25(22(32)14-19)28(38)34-23(17(4)37)12-18-8-9-20(27-26(18)41-10-11-42-27)24-16(3)35(5)30(40)36(6)29(24)39/h8-9,14-15,17,27H,6-7,10-13,16H2,1-5H3,(H,36,40);10-11,14-16,26,34H,7-9,12-13H2,1-6H3,(H,36,39);8-9,13-15,23,33H,7,10-12H2,1-6H3,(H,34,38)/t17-,27-;16-,26-;15-,23-/m000/s1. The van der Waals surface area contributed by atoms with Crippen molar-refractivity contribution in [1.29, 1.82) is 0 Å². The fourth-order valence-electron chi connectivity index (χ4n) is 15.5. The van der Waals surface area contributed by atoms with Crippen LogP contribution < -0.4 is 72.8 Å². The third-order valence-corrected chi connectivity index (χ3v) is 23.7. The van der Waals surface area contributed by atoms with Crippen LogP contribution in [0.1, 0.15) is 168 Å². The number of aryl methyl sites for hydroxylation is 2. The molecule has 0 radical (unpaired) electrons. The number of nitrogens with one attached hydrogen (secondary N) is 5. The number of nitrogens with zero attached hydrogens (tertiary/aromatic N) is 7. The molecule has 27 nitrogen and oxygen atoms in total. The van der Waals surface area contributed by atoms with Crippen LogP contribution in [0, 0.1) is 69.5 Å². The second-order valence-corrected chi connectivity index (χ2v) is 32.3. The second-order valence-electron chi connectivity index (χ2n) is 32.3. The van der Waals surface area contributed by atoms with Gasteiger partial charge in [0.05, 0.1) is 61.5 Å². The van der Waals surface area contributed by atoms with Gasteiger partial charge in [-0.25, -0.2) is 41.1 Å². The summed E-state index contributed by atoms with van der Waals surface area (Å²) in [6.07, 6.45) is 4.29. The Morgan fingerprint density at radius 2 is 0.833 bits per heavy atom. The summed E-state index contributed by atoms with van der Waals surface area (Å²) in [5.41, 5.74) is 6.26. The van der Waals surface area contributed by atoms with Gasteiger partial charge in [-0.2, -0.15) is 0 Å². The molecule has 126 heavy (non-hydrogen) atoms. The molecule has 6 atom stereocenters. The van der Waals surface area contributed by atoms with Crippen LogP contribution in [-0.4, -0.2) is 146 Å². The predicted octanol–water partition coefficient (Wildman–Crippen LogP) is 11.9. The molecule has 0 bridgehead atoms. The number of hydrogen-bond donors (Lipinski definition) is 5. The molecule has 4 aliphatic heterocycles. The summed E-state index contributed by atoms with van der Waals surface area (Å²) in [4.78, 5) is 140. The molecule has 670 valence electrons. The van der Waals surface area contributed by atoms with E-state index < -0.39 is 104 Å². The average Bonchev–Trinajstić information content (AvgIpc) is 0.768. The number of Topliss-reactive ketones (excluding diaryl/α,β-unsaturated/α-hetero) is 3. The normalized spacial score (nSPS) is 15.0. The van der Waals surface area contributed by atoms with Gasteiger partial charge in [-0.3, -0.25) is 47.7 Å². The maximum absolute atomic E-state index is 15.2. The lowest BCUT2D eigenvalue weighted by molar-refractivity contribution is -0.119. The highest BCUT2D eigenvalue weighted by molar-refractivity contribution is 6.00. The minimum atomic E-state index is -1.15. The highest BCUT2D eigenvalue weighted by Crippen LogP contribution is 2.44. The minimum absolute atomic E-state index is 0.00862. The van der Waals surface area contributed by atoms with E-state index in [-0.39, 0.29) is 113 Å². The third-order valence-electron chi connectivity index (χ3n) is 23.7. The Hall–Kier alpha value is -12.7. The lowest BCUT2D eigenvalue weighted by atomic mass is 9.91. The van der Waals surface area contributed by atoms with Crippen molar-refractivity contribution in [1.82, 2.24) is 44.2 Å². The van der Waals surface area contributed by atoms with Crippen molar-refractivity contribution in [2.75, 3.05) is 61.7 Å². The number of fused-ring (bicyclic) bond motifs is 3. The Kier molecular flexibility index (Phi) is 29.9. The molecule has 33 heteroatoms. The van der Waals surface area contributed by atoms with Crippen LogP contribution in [0.15, 0.2) is 92.0 Å². The van der Waals surface area contributed by atoms with Crippen molar-refractivity contribution < 1.29 is 78.8 Å². The first kappa shape index (κ1) is 94.0. The summed E-state index contributed by atoms with van der Waals surface area (Å²) in [5.74, 6) is -8.89. The van der Waals surface area contributed by atoms with Gasteiger partial charge >= 0.3 is 5.69 Å². The second kappa shape index (κ2) is 40.1. The van der Waals surface area contributed by atoms with Crippen LogP contribution in [0.5, 0.6) is 23.0 Å². The lowest BCUT2D eigenvalue weighted by Gasteiger charge is -2.35. The molecule has 0 spiro atoms. The van der Waals surface area contributed by atoms with E-state index in [9.17, 15) is 65.5 Å². The van der Waals surface area contributed by atoms with Crippen LogP contribution in [0.4, 0.5) is 43.4 Å². The first-order valence-corrected chi connectivity index (χ1v) is 41.9. The number of rotatable bonds is 25. The number of aromatic nitrogens is 6. The fourth-order valence-corrected chi connectivity index (χ4v) is 15.5. The molecule has 9 aromatic rings. The van der Waals surface area contributed by atoms with Crippen molar-refractivity contribution in [2.24, 2.45) is 28.2 Å². The lowest BCUT2D eigenvalue weighted by Crippen LogP contribution is -2.44. The van der Waals surface area contributed by atoms with E-state index in [1.807, 2.05) is 67.2 Å². The van der Waals surface area contributed by atoms with Gasteiger partial charge in [-0.05, 0) is 192 Å². The van der Waals surface area contributed by atoms with E-state index in [0.717, 1.165) is 112 Å². The van der Waals surface area contributed by atoms with E-state index in [1.54, 1.807) is 73.6 Å². The van der Waals surface area contributed by atoms with E-state index in [2.05, 4.69) is 36.6 Å². The number of anilines is 3. The van der Waals surface area contributed by atoms with Crippen LogP contribution in [-0.2, 0) is 79.4 Å². The van der Waals surface area contributed by atoms with Gasteiger partial charge in [0.2, 0.25) is 0 Å². The minimum Gasteiger partial charge on any atom is -0.493 e. The van der Waals surface area contributed by atoms with Gasteiger partial charge in [0.1, 0.15) is 87.7 Å². The number of amides is 3. The zero-order valence-electron chi connectivity index (χ0n) is 73.7. The SMILES string of the molecule is CC(=O)[C@H](Cc1ccc(-c2nc(C)c(C)n(C)c2=O)c2c1CCCO2)NC(=O)c1c(F)cc(N2CCOC[C@@H]2C)cc1F.CC[C@H](C)Nc1cc(F)c(C(=O)N[C@@H](Cc2ccc(-c3c(C)n(C)c(=O)n(C)c3=O)c3c2OCCO3)C(C)=O)c(F)c1.CC[C@H](C)Nc1cc(F)c(C(=O)N[C@@H](Cc2ccc(-c3nc(C)c(C)n(C)c3=O)c3c2CCCO3)C(C)=O)c(F)c1. The van der Waals surface area contributed by atoms with E-state index in [0.29, 0.717) is 90.9 Å². The van der Waals surface area contributed by atoms with Gasteiger partial charge in [-0.1, -0.05) is 32.0 Å². The number of ether oxygens (including phenoxy) is 5. The molecule has 1 fully saturated rings. The Morgan fingerprint density at radius 3 is 1.23 bits per heavy atom. The number of morpholine rings is 1. The van der Waals surface area contributed by atoms with Crippen molar-refractivity contribution in [3.63, 3.8) is 0 Å². The molecule has 3 aromatic heterocycles. The predicted molar refractivity (Wildman–Crippen MR) is 465 cm³/mol. The summed E-state index contributed by atoms with van der Waals surface area (Å²) in [6, 6.07) is 13.5. The van der Waals surface area contributed by atoms with E-state index >= 15 is 8.78 Å². The number of benzene rings is 6. The topological polar surface area (TPSA) is 326 Å². The number of hydrogen-bond acceptors (Lipinski definition) is 20. The molecular formula is C93H106F6N12O15. The molecule has 5 N–H and O–H groups in total. The summed E-state index contributed by atoms with van der Waals surface area (Å²) in [6.45, 7) is 25.0. The van der Waals surface area contributed by atoms with E-state index in [4.69, 9.17) is 23.7 Å². The number of carbonyl (C=O) groups is 6. The Labute approximate surface area is 724 Å². The Bertz CT molecular complexity index is 5970. The van der Waals surface area contributed by atoms with Crippen molar-refractivity contribution in [3.8, 4) is 56.6 Å². The summed E-state index contributed by atoms with van der Waals surface area (Å²) < 4.78 is 124. The zero-order valence-corrected chi connectivity index (χ0v) is 73.7. The number of carbonyl (C=O) groups excluding carboxylic acids is 6. The smallest absolute Gasteiger partial charge is 0.330 e. The van der Waals surface area contributed by atoms with Crippen LogP contribution >= 0.6 is 0 Å². The first-order valence-electron chi connectivity index (χ1n) is 41.9. The van der Waals surface area contributed by atoms with Gasteiger partial charge < -0.3 is 68.9 Å². The van der Waals surface area contributed by atoms with E-state index in [1.165, 1.54) is 32.4 Å². The largest absolute Gasteiger partial charge is 0.493 e. The first-order chi connectivity index (χ1) is 59.7. The number of halogens is 6. The molecule has 1 saturated heterocycles. The highest BCUT2D eigenvalue weighted by atomic mass is 19.2. The average molecular weight is 1750 g/mol. The highest BCUT2D eigenvalue weighted by Gasteiger charge is 2.35. The summed E-state index contributed by atoms with van der Waals surface area (Å²) in [5, 5.41) is 13.5. The molecule has 0 saturated carbocycles. The molecule has 6 aromatic carbocycles. The molecular weight excluding hydrogens is 1640 g/mol. The van der Waals surface area contributed by atoms with Crippen molar-refractivity contribution in [3.05, 3.63) is 222 Å². The Morgan fingerprint density at radius 1 is 0.460 bits per heavy atom. The van der Waals surface area contributed by atoms with Crippen molar-refractivity contribution >= 4 is 52.1 Å². The number of ketones is 3. The maximum Gasteiger partial charge on any atom is 0.330 e. The molecule has 7 heterocycles. The van der Waals surface area contributed by atoms with Crippen LogP contribution in [0.2, 0.25) is 0 Å². The monoisotopic (exact) mass is 1740 g/mol. The van der Waals surface area contributed by atoms with Gasteiger partial charge in [0.15, 0.2) is 28.8 Å². The van der Waals surface area contributed by atoms with Gasteiger partial charge in [-0.15, -0.1) is 0 Å². The Balaban J connectivity index is 0.000000184. The van der Waals surface area contributed by atoms with Crippen molar-refractivity contribution in [2.45, 2.75) is 184 Å².